The summed E-state index contributed by atoms with van der Waals surface area (Å²) >= 11 is 0. The Kier molecular flexibility index (Phi) is 3.93. The second-order valence-electron chi connectivity index (χ2n) is 4.70. The molecule has 1 aliphatic rings. The first kappa shape index (κ1) is 13.6. The van der Waals surface area contributed by atoms with Gasteiger partial charge in [-0.2, -0.15) is 0 Å². The number of likely N-dealkylation sites (tertiary alicyclic amines) is 1. The van der Waals surface area contributed by atoms with E-state index in [1.165, 1.54) is 4.90 Å². The number of rotatable bonds is 2. The van der Waals surface area contributed by atoms with Crippen LogP contribution in [0.5, 0.6) is 0 Å². The van der Waals surface area contributed by atoms with Crippen molar-refractivity contribution in [1.29, 1.82) is 0 Å². The van der Waals surface area contributed by atoms with Crippen LogP contribution in [0.1, 0.15) is 30.1 Å². The molecular formula is C14H15F2NO2. The quantitative estimate of drug-likeness (QED) is 0.825. The third kappa shape index (κ3) is 2.80. The summed E-state index contributed by atoms with van der Waals surface area (Å²) in [6.45, 7) is 2.42. The molecular weight excluding hydrogens is 252 g/mol. The van der Waals surface area contributed by atoms with Gasteiger partial charge < -0.3 is 4.90 Å². The van der Waals surface area contributed by atoms with Crippen LogP contribution in [0.25, 0.3) is 0 Å². The van der Waals surface area contributed by atoms with Crippen molar-refractivity contribution in [2.45, 2.75) is 19.8 Å². The number of benzene rings is 1. The van der Waals surface area contributed by atoms with E-state index in [2.05, 4.69) is 0 Å². The molecule has 1 aromatic carbocycles. The zero-order valence-corrected chi connectivity index (χ0v) is 10.7. The molecule has 5 heteroatoms. The number of nitrogens with zero attached hydrogens (tertiary/aromatic N) is 1. The van der Waals surface area contributed by atoms with Gasteiger partial charge in [0.05, 0.1) is 5.56 Å². The van der Waals surface area contributed by atoms with Crippen LogP contribution >= 0.6 is 0 Å². The first-order valence-electron chi connectivity index (χ1n) is 6.30. The van der Waals surface area contributed by atoms with Crippen molar-refractivity contribution in [3.63, 3.8) is 0 Å². The van der Waals surface area contributed by atoms with Gasteiger partial charge >= 0.3 is 0 Å². The third-order valence-corrected chi connectivity index (χ3v) is 3.46. The maximum absolute atomic E-state index is 13.5. The molecule has 102 valence electrons. The highest BCUT2D eigenvalue weighted by atomic mass is 19.1. The molecule has 1 fully saturated rings. The lowest BCUT2D eigenvalue weighted by Crippen LogP contribution is -2.44. The zero-order chi connectivity index (χ0) is 14.0. The molecule has 1 saturated heterocycles. The summed E-state index contributed by atoms with van der Waals surface area (Å²) in [5.74, 6) is -2.01. The fourth-order valence-corrected chi connectivity index (χ4v) is 2.28. The molecule has 0 saturated carbocycles. The van der Waals surface area contributed by atoms with E-state index < -0.39 is 17.5 Å². The summed E-state index contributed by atoms with van der Waals surface area (Å²) in [6, 6.07) is 2.81. The highest BCUT2D eigenvalue weighted by Crippen LogP contribution is 2.20. The van der Waals surface area contributed by atoms with Gasteiger partial charge in [-0.15, -0.1) is 0 Å². The molecule has 1 unspecified atom stereocenters. The number of ketones is 1. The first-order chi connectivity index (χ1) is 9.02. The maximum Gasteiger partial charge on any atom is 0.256 e. The highest BCUT2D eigenvalue weighted by Gasteiger charge is 2.30. The molecule has 0 bridgehead atoms. The van der Waals surface area contributed by atoms with Gasteiger partial charge in [-0.3, -0.25) is 9.59 Å². The minimum absolute atomic E-state index is 0.131. The average molecular weight is 267 g/mol. The summed E-state index contributed by atoms with van der Waals surface area (Å²) in [7, 11) is 0. The molecule has 1 amide bonds. The molecule has 1 heterocycles. The number of halogens is 2. The standard InChI is InChI=1S/C14H15F2NO2/c1-2-9-8-17(6-5-13(9)18)14(19)11-7-10(15)3-4-12(11)16/h3-4,7,9H,2,5-6,8H2,1H3. The number of amides is 1. The predicted molar refractivity (Wildman–Crippen MR) is 65.7 cm³/mol. The van der Waals surface area contributed by atoms with Gasteiger partial charge in [0.1, 0.15) is 17.4 Å². The fraction of sp³-hybridized carbons (Fsp3) is 0.429. The molecule has 1 atom stereocenters. The molecule has 0 aliphatic carbocycles. The molecule has 1 aromatic rings. The largest absolute Gasteiger partial charge is 0.337 e. The van der Waals surface area contributed by atoms with Crippen molar-refractivity contribution in [2.24, 2.45) is 5.92 Å². The van der Waals surface area contributed by atoms with E-state index in [4.69, 9.17) is 0 Å². The maximum atomic E-state index is 13.5. The van der Waals surface area contributed by atoms with Gasteiger partial charge in [0.25, 0.3) is 5.91 Å². The van der Waals surface area contributed by atoms with E-state index >= 15 is 0 Å². The summed E-state index contributed by atoms with van der Waals surface area (Å²) < 4.78 is 26.6. The second kappa shape index (κ2) is 5.47. The number of carbonyl (C=O) groups excluding carboxylic acids is 2. The Morgan fingerprint density at radius 3 is 2.84 bits per heavy atom. The average Bonchev–Trinajstić information content (AvgIpc) is 2.41. The van der Waals surface area contributed by atoms with Gasteiger partial charge in [-0.05, 0) is 24.6 Å². The molecule has 1 aliphatic heterocycles. The van der Waals surface area contributed by atoms with Gasteiger partial charge in [0, 0.05) is 25.4 Å². The number of hydrogen-bond acceptors (Lipinski definition) is 2. The Labute approximate surface area is 110 Å². The Balaban J connectivity index is 2.20. The minimum atomic E-state index is -0.739. The lowest BCUT2D eigenvalue weighted by atomic mass is 9.93. The number of carbonyl (C=O) groups is 2. The molecule has 3 nitrogen and oxygen atoms in total. The number of Topliss-reactive ketones (excluding diaryl/α,β-unsaturated/α-hetero) is 1. The van der Waals surface area contributed by atoms with E-state index in [1.54, 1.807) is 0 Å². The van der Waals surface area contributed by atoms with Crippen LogP contribution in [0.4, 0.5) is 8.78 Å². The SMILES string of the molecule is CCC1CN(C(=O)c2cc(F)ccc2F)CCC1=O. The van der Waals surface area contributed by atoms with Crippen molar-refractivity contribution in [1.82, 2.24) is 4.90 Å². The van der Waals surface area contributed by atoms with Crippen LogP contribution in [0.2, 0.25) is 0 Å². The topological polar surface area (TPSA) is 37.4 Å². The summed E-state index contributed by atoms with van der Waals surface area (Å²) in [6.07, 6.45) is 0.926. The van der Waals surface area contributed by atoms with Crippen molar-refractivity contribution in [3.8, 4) is 0 Å². The van der Waals surface area contributed by atoms with Crippen molar-refractivity contribution >= 4 is 11.7 Å². The Bertz CT molecular complexity index is 516. The summed E-state index contributed by atoms with van der Waals surface area (Å²) in [5.41, 5.74) is -0.274. The third-order valence-electron chi connectivity index (χ3n) is 3.46. The molecule has 19 heavy (non-hydrogen) atoms. The van der Waals surface area contributed by atoms with Crippen LogP contribution in [-0.4, -0.2) is 29.7 Å². The highest BCUT2D eigenvalue weighted by molar-refractivity contribution is 5.96. The van der Waals surface area contributed by atoms with Crippen molar-refractivity contribution in [2.75, 3.05) is 13.1 Å². The van der Waals surface area contributed by atoms with Crippen LogP contribution < -0.4 is 0 Å². The zero-order valence-electron chi connectivity index (χ0n) is 10.7. The Morgan fingerprint density at radius 2 is 2.16 bits per heavy atom. The number of hydrogen-bond donors (Lipinski definition) is 0. The smallest absolute Gasteiger partial charge is 0.256 e. The van der Waals surface area contributed by atoms with Crippen molar-refractivity contribution < 1.29 is 18.4 Å². The summed E-state index contributed by atoms with van der Waals surface area (Å²) in [4.78, 5) is 25.2. The van der Waals surface area contributed by atoms with E-state index in [0.717, 1.165) is 18.2 Å². The molecule has 0 spiro atoms. The number of piperidine rings is 1. The lowest BCUT2D eigenvalue weighted by molar-refractivity contribution is -0.125. The Morgan fingerprint density at radius 1 is 1.42 bits per heavy atom. The van der Waals surface area contributed by atoms with Crippen molar-refractivity contribution in [3.05, 3.63) is 35.4 Å². The van der Waals surface area contributed by atoms with E-state index in [-0.39, 0.29) is 36.8 Å². The summed E-state index contributed by atoms with van der Waals surface area (Å²) in [5, 5.41) is 0. The monoisotopic (exact) mass is 267 g/mol. The van der Waals surface area contributed by atoms with E-state index in [0.29, 0.717) is 6.42 Å². The van der Waals surface area contributed by atoms with Gasteiger partial charge in [-0.1, -0.05) is 6.92 Å². The Hall–Kier alpha value is -1.78. The van der Waals surface area contributed by atoms with Gasteiger partial charge in [-0.25, -0.2) is 8.78 Å². The normalized spacial score (nSPS) is 19.6. The molecule has 0 radical (unpaired) electrons. The van der Waals surface area contributed by atoms with Crippen LogP contribution in [0.3, 0.4) is 0 Å². The molecule has 2 rings (SSSR count). The predicted octanol–water partition coefficient (Wildman–Crippen LogP) is 2.41. The molecule has 0 N–H and O–H groups in total. The van der Waals surface area contributed by atoms with Gasteiger partial charge in [0.15, 0.2) is 0 Å². The van der Waals surface area contributed by atoms with Crippen LogP contribution in [0, 0.1) is 17.6 Å². The van der Waals surface area contributed by atoms with Gasteiger partial charge in [0.2, 0.25) is 0 Å². The lowest BCUT2D eigenvalue weighted by Gasteiger charge is -2.31. The van der Waals surface area contributed by atoms with E-state index in [9.17, 15) is 18.4 Å². The minimum Gasteiger partial charge on any atom is -0.337 e. The van der Waals surface area contributed by atoms with Crippen LogP contribution in [-0.2, 0) is 4.79 Å². The van der Waals surface area contributed by atoms with Crippen LogP contribution in [0.15, 0.2) is 18.2 Å². The molecule has 0 aromatic heterocycles. The first-order valence-corrected chi connectivity index (χ1v) is 6.30. The van der Waals surface area contributed by atoms with E-state index in [1.807, 2.05) is 6.92 Å². The second-order valence-corrected chi connectivity index (χ2v) is 4.70. The fourth-order valence-electron chi connectivity index (χ4n) is 2.28.